The lowest BCUT2D eigenvalue weighted by Gasteiger charge is -2.29. The lowest BCUT2D eigenvalue weighted by Crippen LogP contribution is -2.13. The Bertz CT molecular complexity index is 2170. The van der Waals surface area contributed by atoms with Gasteiger partial charge in [0.1, 0.15) is 0 Å². The quantitative estimate of drug-likeness (QED) is 0.168. The Morgan fingerprint density at radius 3 is 1.06 bits per heavy atom. The highest BCUT2D eigenvalue weighted by molar-refractivity contribution is 6.04. The molecule has 0 aromatic heterocycles. The van der Waals surface area contributed by atoms with E-state index in [1.807, 2.05) is 0 Å². The number of anilines is 8. The number of hydrogen-bond acceptors (Lipinski definition) is 3. The van der Waals surface area contributed by atoms with Crippen LogP contribution in [-0.4, -0.2) is 7.05 Å². The molecule has 0 unspecified atom stereocenters. The van der Waals surface area contributed by atoms with Crippen molar-refractivity contribution in [2.45, 2.75) is 0 Å². The van der Waals surface area contributed by atoms with Crippen molar-refractivity contribution in [2.24, 2.45) is 0 Å². The van der Waals surface area contributed by atoms with Crippen molar-refractivity contribution in [1.82, 2.24) is 0 Å². The zero-order valence-electron chi connectivity index (χ0n) is 26.8. The Kier molecular flexibility index (Phi) is 7.77. The largest absolute Gasteiger partial charge is 0.345 e. The van der Waals surface area contributed by atoms with Crippen LogP contribution in [0.15, 0.2) is 194 Å². The van der Waals surface area contributed by atoms with Gasteiger partial charge in [-0.2, -0.15) is 0 Å². The minimum absolute atomic E-state index is 1.11. The van der Waals surface area contributed by atoms with Crippen LogP contribution < -0.4 is 14.7 Å². The highest BCUT2D eigenvalue weighted by atomic mass is 15.2. The highest BCUT2D eigenvalue weighted by Gasteiger charge is 2.18. The molecule has 0 radical (unpaired) electrons. The first-order valence-corrected chi connectivity index (χ1v) is 16.3. The molecule has 8 aromatic carbocycles. The molecule has 0 bridgehead atoms. The number of rotatable bonds is 8. The Morgan fingerprint density at radius 2 is 0.604 bits per heavy atom. The zero-order chi connectivity index (χ0) is 32.3. The Hall–Kier alpha value is -6.32. The third-order valence-corrected chi connectivity index (χ3v) is 9.03. The first-order valence-electron chi connectivity index (χ1n) is 16.3. The van der Waals surface area contributed by atoms with E-state index in [-0.39, 0.29) is 0 Å². The number of fused-ring (bicyclic) bond motifs is 2. The molecule has 0 heterocycles. The monoisotopic (exact) mass is 617 g/mol. The molecule has 0 aliphatic heterocycles. The molecule has 3 heteroatoms. The minimum atomic E-state index is 1.11. The van der Waals surface area contributed by atoms with E-state index in [0.29, 0.717) is 0 Å². The maximum Gasteiger partial charge on any atom is 0.0540 e. The second-order valence-electron chi connectivity index (χ2n) is 11.9. The minimum Gasteiger partial charge on any atom is -0.345 e. The summed E-state index contributed by atoms with van der Waals surface area (Å²) in [4.78, 5) is 6.92. The fraction of sp³-hybridized carbons (Fsp3) is 0.0222. The molecule has 3 nitrogen and oxygen atoms in total. The summed E-state index contributed by atoms with van der Waals surface area (Å²) in [7, 11) is 2.13. The molecule has 48 heavy (non-hydrogen) atoms. The van der Waals surface area contributed by atoms with Gasteiger partial charge in [-0.25, -0.2) is 0 Å². The molecule has 0 N–H and O–H groups in total. The van der Waals surface area contributed by atoms with Gasteiger partial charge in [-0.05, 0) is 95.7 Å². The summed E-state index contributed by atoms with van der Waals surface area (Å²) in [5.74, 6) is 0. The molecule has 0 aliphatic rings. The van der Waals surface area contributed by atoms with Crippen LogP contribution in [0.3, 0.4) is 0 Å². The maximum absolute atomic E-state index is 2.39. The van der Waals surface area contributed by atoms with Gasteiger partial charge in [0.2, 0.25) is 0 Å². The molecule has 0 saturated carbocycles. The topological polar surface area (TPSA) is 9.72 Å². The first kappa shape index (κ1) is 29.1. The summed E-state index contributed by atoms with van der Waals surface area (Å²) < 4.78 is 0. The van der Waals surface area contributed by atoms with Crippen LogP contribution in [0.25, 0.3) is 21.5 Å². The molecule has 0 atom stereocenters. The van der Waals surface area contributed by atoms with Crippen LogP contribution in [0.2, 0.25) is 0 Å². The molecular weight excluding hydrogens is 583 g/mol. The third kappa shape index (κ3) is 5.52. The molecule has 0 aliphatic carbocycles. The normalized spacial score (nSPS) is 11.0. The molecular formula is C45H35N3. The van der Waals surface area contributed by atoms with Gasteiger partial charge < -0.3 is 14.7 Å². The summed E-state index contributed by atoms with van der Waals surface area (Å²) in [6, 6.07) is 69.1. The fourth-order valence-electron chi connectivity index (χ4n) is 6.62. The molecule has 230 valence electrons. The van der Waals surface area contributed by atoms with Crippen LogP contribution in [0.4, 0.5) is 45.5 Å². The summed E-state index contributed by atoms with van der Waals surface area (Å²) in [6.45, 7) is 0. The molecule has 0 amide bonds. The molecule has 0 saturated heterocycles. The maximum atomic E-state index is 2.39. The van der Waals surface area contributed by atoms with E-state index in [1.54, 1.807) is 0 Å². The lowest BCUT2D eigenvalue weighted by atomic mass is 10.0. The second-order valence-corrected chi connectivity index (χ2v) is 11.9. The molecule has 8 rings (SSSR count). The number of para-hydroxylation sites is 2. The molecule has 0 fully saturated rings. The standard InChI is InChI=1S/C45H35N3/c1-46(36-26-30-40(31-27-36)47(38-18-4-2-5-19-38)39-20-6-3-7-21-39)37-28-32-41(33-29-37)48(44-24-12-16-34-14-8-10-22-42(34)44)45-25-13-17-35-15-9-11-23-43(35)45/h2-33H,1H3. The van der Waals surface area contributed by atoms with Gasteiger partial charge in [0.05, 0.1) is 11.4 Å². The summed E-state index contributed by atoms with van der Waals surface area (Å²) in [6.07, 6.45) is 0. The van der Waals surface area contributed by atoms with Gasteiger partial charge in [-0.3, -0.25) is 0 Å². The van der Waals surface area contributed by atoms with Crippen molar-refractivity contribution in [2.75, 3.05) is 21.7 Å². The Morgan fingerprint density at radius 1 is 0.271 bits per heavy atom. The van der Waals surface area contributed by atoms with Crippen LogP contribution >= 0.6 is 0 Å². The first-order chi connectivity index (χ1) is 23.7. The Balaban J connectivity index is 1.15. The van der Waals surface area contributed by atoms with E-state index in [4.69, 9.17) is 0 Å². The summed E-state index contributed by atoms with van der Waals surface area (Å²) in [5.41, 5.74) is 9.02. The average Bonchev–Trinajstić information content (AvgIpc) is 3.16. The SMILES string of the molecule is CN(c1ccc(N(c2ccccc2)c2ccccc2)cc1)c1ccc(N(c2cccc3ccccc23)c2cccc3ccccc23)cc1. The van der Waals surface area contributed by atoms with Gasteiger partial charge in [-0.1, -0.05) is 109 Å². The van der Waals surface area contributed by atoms with Crippen molar-refractivity contribution in [3.8, 4) is 0 Å². The number of hydrogen-bond donors (Lipinski definition) is 0. The van der Waals surface area contributed by atoms with Crippen molar-refractivity contribution in [1.29, 1.82) is 0 Å². The fourth-order valence-corrected chi connectivity index (χ4v) is 6.62. The summed E-state index contributed by atoms with van der Waals surface area (Å²) >= 11 is 0. The van der Waals surface area contributed by atoms with Crippen LogP contribution in [-0.2, 0) is 0 Å². The van der Waals surface area contributed by atoms with E-state index < -0.39 is 0 Å². The van der Waals surface area contributed by atoms with Crippen LogP contribution in [0.1, 0.15) is 0 Å². The van der Waals surface area contributed by atoms with E-state index >= 15 is 0 Å². The highest BCUT2D eigenvalue weighted by Crippen LogP contribution is 2.43. The van der Waals surface area contributed by atoms with Gasteiger partial charge in [0.25, 0.3) is 0 Å². The average molecular weight is 618 g/mol. The van der Waals surface area contributed by atoms with Gasteiger partial charge in [0, 0.05) is 51.9 Å². The molecule has 0 spiro atoms. The Labute approximate surface area is 282 Å². The predicted octanol–water partition coefficient (Wildman–Crippen LogP) is 12.7. The van der Waals surface area contributed by atoms with Crippen molar-refractivity contribution in [3.05, 3.63) is 194 Å². The van der Waals surface area contributed by atoms with Crippen LogP contribution in [0.5, 0.6) is 0 Å². The van der Waals surface area contributed by atoms with Crippen LogP contribution in [0, 0.1) is 0 Å². The van der Waals surface area contributed by atoms with Gasteiger partial charge in [-0.15, -0.1) is 0 Å². The smallest absolute Gasteiger partial charge is 0.0540 e. The van der Waals surface area contributed by atoms with Crippen molar-refractivity contribution >= 4 is 67.0 Å². The van der Waals surface area contributed by atoms with E-state index in [0.717, 1.165) is 45.5 Å². The van der Waals surface area contributed by atoms with E-state index in [2.05, 4.69) is 216 Å². The van der Waals surface area contributed by atoms with Crippen molar-refractivity contribution in [3.63, 3.8) is 0 Å². The number of nitrogens with zero attached hydrogens (tertiary/aromatic N) is 3. The second kappa shape index (κ2) is 12.8. The summed E-state index contributed by atoms with van der Waals surface area (Å²) in [5, 5.41) is 4.87. The number of benzene rings is 8. The third-order valence-electron chi connectivity index (χ3n) is 9.03. The van der Waals surface area contributed by atoms with E-state index in [1.165, 1.54) is 21.5 Å². The van der Waals surface area contributed by atoms with Gasteiger partial charge in [0.15, 0.2) is 0 Å². The lowest BCUT2D eigenvalue weighted by molar-refractivity contribution is 1.20. The molecule has 8 aromatic rings. The predicted molar refractivity (Wildman–Crippen MR) is 205 cm³/mol. The van der Waals surface area contributed by atoms with Gasteiger partial charge >= 0.3 is 0 Å². The van der Waals surface area contributed by atoms with Crippen molar-refractivity contribution < 1.29 is 0 Å². The van der Waals surface area contributed by atoms with E-state index in [9.17, 15) is 0 Å². The zero-order valence-corrected chi connectivity index (χ0v) is 26.8.